The first-order valence-corrected chi connectivity index (χ1v) is 6.27. The minimum Gasteiger partial charge on any atom is -0.493 e. The van der Waals surface area contributed by atoms with Gasteiger partial charge in [0.2, 0.25) is 0 Å². The molecule has 0 unspecified atom stereocenters. The van der Waals surface area contributed by atoms with Crippen molar-refractivity contribution in [3.63, 3.8) is 0 Å². The number of rotatable bonds is 7. The lowest BCUT2D eigenvalue weighted by Gasteiger charge is -2.11. The van der Waals surface area contributed by atoms with Gasteiger partial charge in [0.15, 0.2) is 0 Å². The van der Waals surface area contributed by atoms with E-state index in [4.69, 9.17) is 10.5 Å². The first-order chi connectivity index (χ1) is 8.50. The van der Waals surface area contributed by atoms with Crippen LogP contribution in [0.4, 0.5) is 0 Å². The number of hydrogen-bond acceptors (Lipinski definition) is 3. The smallest absolute Gasteiger partial charge is 0.252 e. The summed E-state index contributed by atoms with van der Waals surface area (Å²) in [5, 5.41) is 3.31. The van der Waals surface area contributed by atoms with Gasteiger partial charge in [0, 0.05) is 6.04 Å². The van der Waals surface area contributed by atoms with E-state index in [0.29, 0.717) is 24.0 Å². The van der Waals surface area contributed by atoms with E-state index in [1.54, 1.807) is 6.07 Å². The Balaban J connectivity index is 2.50. The molecule has 0 atom stereocenters. The zero-order valence-corrected chi connectivity index (χ0v) is 11.3. The van der Waals surface area contributed by atoms with Gasteiger partial charge < -0.3 is 15.8 Å². The number of primary amides is 1. The summed E-state index contributed by atoms with van der Waals surface area (Å²) in [6.07, 6.45) is 0.893. The Bertz CT molecular complexity index is 403. The summed E-state index contributed by atoms with van der Waals surface area (Å²) in [6, 6.07) is 5.88. The molecule has 1 aromatic carbocycles. The number of ether oxygens (including phenoxy) is 1. The van der Waals surface area contributed by atoms with Crippen LogP contribution in [0.1, 0.15) is 36.2 Å². The van der Waals surface area contributed by atoms with Crippen molar-refractivity contribution in [3.05, 3.63) is 29.3 Å². The largest absolute Gasteiger partial charge is 0.493 e. The second-order valence-corrected chi connectivity index (χ2v) is 4.67. The summed E-state index contributed by atoms with van der Waals surface area (Å²) in [4.78, 5) is 11.2. The van der Waals surface area contributed by atoms with Crippen molar-refractivity contribution in [1.29, 1.82) is 0 Å². The lowest BCUT2D eigenvalue weighted by atomic mass is 10.1. The SMILES string of the molecule is Cc1ccc(C(N)=O)c(OCCCNC(C)C)c1. The molecule has 4 nitrogen and oxygen atoms in total. The van der Waals surface area contributed by atoms with Crippen LogP contribution in [-0.2, 0) is 0 Å². The molecule has 0 radical (unpaired) electrons. The molecule has 1 amide bonds. The third kappa shape index (κ3) is 4.75. The van der Waals surface area contributed by atoms with E-state index in [1.807, 2.05) is 19.1 Å². The Kier molecular flexibility index (Phi) is 5.65. The summed E-state index contributed by atoms with van der Waals surface area (Å²) in [7, 11) is 0. The van der Waals surface area contributed by atoms with Gasteiger partial charge in [0.05, 0.1) is 12.2 Å². The molecule has 0 saturated heterocycles. The highest BCUT2D eigenvalue weighted by atomic mass is 16.5. The molecular formula is C14H22N2O2. The van der Waals surface area contributed by atoms with Crippen molar-refractivity contribution in [3.8, 4) is 5.75 Å². The van der Waals surface area contributed by atoms with Crippen molar-refractivity contribution in [1.82, 2.24) is 5.32 Å². The minimum atomic E-state index is -0.453. The molecule has 1 aromatic rings. The number of carbonyl (C=O) groups is 1. The number of aryl methyl sites for hydroxylation is 1. The number of amides is 1. The van der Waals surface area contributed by atoms with Gasteiger partial charge in [-0.05, 0) is 37.6 Å². The molecule has 0 fully saturated rings. The average Bonchev–Trinajstić information content (AvgIpc) is 2.27. The van der Waals surface area contributed by atoms with Crippen LogP contribution >= 0.6 is 0 Å². The summed E-state index contributed by atoms with van der Waals surface area (Å²) in [5.41, 5.74) is 6.80. The van der Waals surface area contributed by atoms with Crippen LogP contribution < -0.4 is 15.8 Å². The van der Waals surface area contributed by atoms with Gasteiger partial charge in [-0.15, -0.1) is 0 Å². The first-order valence-electron chi connectivity index (χ1n) is 6.27. The van der Waals surface area contributed by atoms with Crippen LogP contribution in [0.2, 0.25) is 0 Å². The lowest BCUT2D eigenvalue weighted by molar-refractivity contribution is 0.0996. The van der Waals surface area contributed by atoms with Crippen LogP contribution in [0.5, 0.6) is 5.75 Å². The van der Waals surface area contributed by atoms with Gasteiger partial charge in [-0.1, -0.05) is 19.9 Å². The van der Waals surface area contributed by atoms with E-state index >= 15 is 0 Å². The summed E-state index contributed by atoms with van der Waals surface area (Å²) < 4.78 is 5.62. The Morgan fingerprint density at radius 1 is 1.44 bits per heavy atom. The zero-order chi connectivity index (χ0) is 13.5. The Hall–Kier alpha value is -1.55. The Morgan fingerprint density at radius 2 is 2.17 bits per heavy atom. The molecule has 3 N–H and O–H groups in total. The van der Waals surface area contributed by atoms with Crippen molar-refractivity contribution in [2.75, 3.05) is 13.2 Å². The second-order valence-electron chi connectivity index (χ2n) is 4.67. The lowest BCUT2D eigenvalue weighted by Crippen LogP contribution is -2.25. The highest BCUT2D eigenvalue weighted by Gasteiger charge is 2.09. The first kappa shape index (κ1) is 14.5. The van der Waals surface area contributed by atoms with Crippen LogP contribution in [0.3, 0.4) is 0 Å². The standard InChI is InChI=1S/C14H22N2O2/c1-10(2)16-7-4-8-18-13-9-11(3)5-6-12(13)14(15)17/h5-6,9-10,16H,4,7-8H2,1-3H3,(H2,15,17). The highest BCUT2D eigenvalue weighted by Crippen LogP contribution is 2.19. The zero-order valence-electron chi connectivity index (χ0n) is 11.3. The molecule has 0 heterocycles. The fourth-order valence-electron chi connectivity index (χ4n) is 1.60. The van der Waals surface area contributed by atoms with Crippen LogP contribution in [0.25, 0.3) is 0 Å². The predicted octanol–water partition coefficient (Wildman–Crippen LogP) is 1.86. The molecule has 0 aromatic heterocycles. The normalized spacial score (nSPS) is 10.7. The average molecular weight is 250 g/mol. The number of benzene rings is 1. The predicted molar refractivity (Wildman–Crippen MR) is 72.9 cm³/mol. The minimum absolute atomic E-state index is 0.442. The van der Waals surface area contributed by atoms with E-state index in [0.717, 1.165) is 18.5 Å². The Morgan fingerprint density at radius 3 is 2.78 bits per heavy atom. The maximum absolute atomic E-state index is 11.2. The summed E-state index contributed by atoms with van der Waals surface area (Å²) in [5.74, 6) is 0.123. The molecule has 0 bridgehead atoms. The Labute approximate surface area is 109 Å². The number of nitrogens with two attached hydrogens (primary N) is 1. The van der Waals surface area contributed by atoms with Crippen LogP contribution in [-0.4, -0.2) is 25.1 Å². The quantitative estimate of drug-likeness (QED) is 0.726. The molecule has 0 aliphatic carbocycles. The van der Waals surface area contributed by atoms with Gasteiger partial charge in [-0.3, -0.25) is 4.79 Å². The fraction of sp³-hybridized carbons (Fsp3) is 0.500. The molecule has 0 saturated carbocycles. The molecule has 0 aliphatic rings. The van der Waals surface area contributed by atoms with Crippen LogP contribution in [0, 0.1) is 6.92 Å². The summed E-state index contributed by atoms with van der Waals surface area (Å²) in [6.45, 7) is 7.63. The van der Waals surface area contributed by atoms with E-state index in [2.05, 4.69) is 19.2 Å². The van der Waals surface area contributed by atoms with Gasteiger partial charge in [0.25, 0.3) is 5.91 Å². The van der Waals surface area contributed by atoms with Crippen molar-refractivity contribution >= 4 is 5.91 Å². The highest BCUT2D eigenvalue weighted by molar-refractivity contribution is 5.95. The molecule has 100 valence electrons. The molecule has 1 rings (SSSR count). The van der Waals surface area contributed by atoms with Gasteiger partial charge in [0.1, 0.15) is 5.75 Å². The van der Waals surface area contributed by atoms with Crippen molar-refractivity contribution < 1.29 is 9.53 Å². The number of hydrogen-bond donors (Lipinski definition) is 2. The maximum Gasteiger partial charge on any atom is 0.252 e. The summed E-state index contributed by atoms with van der Waals surface area (Å²) >= 11 is 0. The fourth-order valence-corrected chi connectivity index (χ4v) is 1.60. The van der Waals surface area contributed by atoms with Crippen molar-refractivity contribution in [2.24, 2.45) is 5.73 Å². The maximum atomic E-state index is 11.2. The van der Waals surface area contributed by atoms with E-state index in [9.17, 15) is 4.79 Å². The molecule has 18 heavy (non-hydrogen) atoms. The van der Waals surface area contributed by atoms with E-state index < -0.39 is 5.91 Å². The van der Waals surface area contributed by atoms with Gasteiger partial charge >= 0.3 is 0 Å². The molecule has 0 spiro atoms. The third-order valence-electron chi connectivity index (χ3n) is 2.53. The third-order valence-corrected chi connectivity index (χ3v) is 2.53. The second kappa shape index (κ2) is 7.01. The molecule has 4 heteroatoms. The molecule has 0 aliphatic heterocycles. The monoisotopic (exact) mass is 250 g/mol. The van der Waals surface area contributed by atoms with E-state index in [1.165, 1.54) is 0 Å². The number of nitrogens with one attached hydrogen (secondary N) is 1. The van der Waals surface area contributed by atoms with Gasteiger partial charge in [-0.2, -0.15) is 0 Å². The van der Waals surface area contributed by atoms with Crippen molar-refractivity contribution in [2.45, 2.75) is 33.2 Å². The van der Waals surface area contributed by atoms with E-state index in [-0.39, 0.29) is 0 Å². The van der Waals surface area contributed by atoms with Crippen LogP contribution in [0.15, 0.2) is 18.2 Å². The number of carbonyl (C=O) groups excluding carboxylic acids is 1. The molecular weight excluding hydrogens is 228 g/mol. The van der Waals surface area contributed by atoms with Gasteiger partial charge in [-0.25, -0.2) is 0 Å². The topological polar surface area (TPSA) is 64.4 Å².